The molecule has 0 radical (unpaired) electrons. The van der Waals surface area contributed by atoms with Crippen LogP contribution in [0.4, 0.5) is 0 Å². The third kappa shape index (κ3) is 2.87. The first-order chi connectivity index (χ1) is 10.8. The van der Waals surface area contributed by atoms with Crippen LogP contribution < -0.4 is 0 Å². The average molecular weight is 357 g/mol. The summed E-state index contributed by atoms with van der Waals surface area (Å²) in [6.07, 6.45) is 0.946. The van der Waals surface area contributed by atoms with Crippen LogP contribution >= 0.6 is 11.6 Å². The summed E-state index contributed by atoms with van der Waals surface area (Å²) in [5, 5.41) is 17.7. The van der Waals surface area contributed by atoms with Gasteiger partial charge < -0.3 is 5.11 Å². The first-order valence-corrected chi connectivity index (χ1v) is 8.97. The van der Waals surface area contributed by atoms with E-state index in [0.717, 1.165) is 0 Å². The van der Waals surface area contributed by atoms with Crippen molar-refractivity contribution in [2.75, 3.05) is 13.1 Å². The lowest BCUT2D eigenvalue weighted by atomic mass is 10.2. The van der Waals surface area contributed by atoms with Crippen molar-refractivity contribution in [3.8, 4) is 0 Å². The summed E-state index contributed by atoms with van der Waals surface area (Å²) in [6, 6.07) is 4.78. The zero-order chi connectivity index (χ0) is 16.8. The van der Waals surface area contributed by atoms with Gasteiger partial charge in [0.2, 0.25) is 10.0 Å². The van der Waals surface area contributed by atoms with Crippen molar-refractivity contribution in [2.45, 2.75) is 30.9 Å². The summed E-state index contributed by atoms with van der Waals surface area (Å²) in [5.41, 5.74) is 1.02. The molecule has 1 atom stereocenters. The zero-order valence-corrected chi connectivity index (χ0v) is 14.3. The Balaban J connectivity index is 1.76. The smallest absolute Gasteiger partial charge is 0.243 e. The summed E-state index contributed by atoms with van der Waals surface area (Å²) in [5.74, 6) is 0. The van der Waals surface area contributed by atoms with E-state index in [1.807, 2.05) is 0 Å². The minimum atomic E-state index is -3.57. The Bertz CT molecular complexity index is 828. The SMILES string of the molecule is Cc1c(Cl)cccc1S(=O)(=O)N1CC(n2cc([C@@H](C)O)nn2)C1. The van der Waals surface area contributed by atoms with Gasteiger partial charge in [0.1, 0.15) is 5.69 Å². The van der Waals surface area contributed by atoms with Gasteiger partial charge in [-0.2, -0.15) is 4.31 Å². The van der Waals surface area contributed by atoms with Crippen LogP contribution in [-0.2, 0) is 10.0 Å². The van der Waals surface area contributed by atoms with Gasteiger partial charge in [0, 0.05) is 18.1 Å². The fourth-order valence-corrected chi connectivity index (χ4v) is 4.44. The van der Waals surface area contributed by atoms with Crippen LogP contribution in [0.5, 0.6) is 0 Å². The summed E-state index contributed by atoms with van der Waals surface area (Å²) >= 11 is 6.01. The van der Waals surface area contributed by atoms with Crippen molar-refractivity contribution in [1.82, 2.24) is 19.3 Å². The van der Waals surface area contributed by atoms with E-state index in [2.05, 4.69) is 10.3 Å². The second kappa shape index (κ2) is 5.86. The van der Waals surface area contributed by atoms with Gasteiger partial charge in [-0.15, -0.1) is 5.10 Å². The first kappa shape index (κ1) is 16.4. The van der Waals surface area contributed by atoms with Crippen molar-refractivity contribution in [3.05, 3.63) is 40.7 Å². The number of nitrogens with zero attached hydrogens (tertiary/aromatic N) is 4. The standard InChI is InChI=1S/C14H17ClN4O3S/c1-9-12(15)4-3-5-14(9)23(21,22)18-6-11(7-18)19-8-13(10(2)20)16-17-19/h3-5,8,10-11,20H,6-7H2,1-2H3/t10-/m1/s1. The van der Waals surface area contributed by atoms with Gasteiger partial charge in [0.25, 0.3) is 0 Å². The lowest BCUT2D eigenvalue weighted by Crippen LogP contribution is -2.50. The first-order valence-electron chi connectivity index (χ1n) is 7.15. The molecule has 0 bridgehead atoms. The lowest BCUT2D eigenvalue weighted by molar-refractivity contribution is 0.187. The minimum Gasteiger partial charge on any atom is -0.387 e. The maximum absolute atomic E-state index is 12.7. The molecule has 7 nitrogen and oxygen atoms in total. The van der Waals surface area contributed by atoms with E-state index < -0.39 is 16.1 Å². The Morgan fingerprint density at radius 3 is 2.70 bits per heavy atom. The van der Waals surface area contributed by atoms with Crippen LogP contribution in [0.15, 0.2) is 29.3 Å². The Morgan fingerprint density at radius 2 is 2.09 bits per heavy atom. The van der Waals surface area contributed by atoms with Crippen LogP contribution in [0.2, 0.25) is 5.02 Å². The molecular formula is C14H17ClN4O3S. The molecular weight excluding hydrogens is 340 g/mol. The number of sulfonamides is 1. The summed E-state index contributed by atoms with van der Waals surface area (Å²) in [4.78, 5) is 0.228. The molecule has 124 valence electrons. The average Bonchev–Trinajstić information content (AvgIpc) is 2.89. The number of aliphatic hydroxyl groups excluding tert-OH is 1. The third-order valence-corrected chi connectivity index (χ3v) is 6.38. The molecule has 1 N–H and O–H groups in total. The highest BCUT2D eigenvalue weighted by Crippen LogP contribution is 2.31. The molecule has 3 rings (SSSR count). The molecule has 2 aromatic rings. The Hall–Kier alpha value is -1.48. The number of aromatic nitrogens is 3. The second-order valence-electron chi connectivity index (χ2n) is 5.64. The summed E-state index contributed by atoms with van der Waals surface area (Å²) in [6.45, 7) is 3.93. The van der Waals surface area contributed by atoms with Gasteiger partial charge >= 0.3 is 0 Å². The Labute approximate surface area is 139 Å². The molecule has 0 unspecified atom stereocenters. The minimum absolute atomic E-state index is 0.0794. The predicted molar refractivity (Wildman–Crippen MR) is 84.6 cm³/mol. The van der Waals surface area contributed by atoms with E-state index in [0.29, 0.717) is 29.4 Å². The molecule has 1 aromatic carbocycles. The lowest BCUT2D eigenvalue weighted by Gasteiger charge is -2.37. The highest BCUT2D eigenvalue weighted by atomic mass is 35.5. The van der Waals surface area contributed by atoms with Crippen LogP contribution in [0, 0.1) is 6.92 Å². The topological polar surface area (TPSA) is 88.3 Å². The highest BCUT2D eigenvalue weighted by Gasteiger charge is 2.39. The van der Waals surface area contributed by atoms with Crippen LogP contribution in [0.1, 0.15) is 30.3 Å². The molecule has 1 aliphatic heterocycles. The normalized spacial score (nSPS) is 17.9. The van der Waals surface area contributed by atoms with Crippen molar-refractivity contribution in [3.63, 3.8) is 0 Å². The molecule has 0 aliphatic carbocycles. The predicted octanol–water partition coefficient (Wildman–Crippen LogP) is 1.54. The van der Waals surface area contributed by atoms with Gasteiger partial charge in [0.05, 0.1) is 23.2 Å². The molecule has 23 heavy (non-hydrogen) atoms. The van der Waals surface area contributed by atoms with Gasteiger partial charge in [-0.1, -0.05) is 22.9 Å². The van der Waals surface area contributed by atoms with Crippen molar-refractivity contribution >= 4 is 21.6 Å². The van der Waals surface area contributed by atoms with Crippen molar-refractivity contribution < 1.29 is 13.5 Å². The van der Waals surface area contributed by atoms with E-state index in [-0.39, 0.29) is 10.9 Å². The summed E-state index contributed by atoms with van der Waals surface area (Å²) < 4.78 is 28.3. The van der Waals surface area contributed by atoms with Gasteiger partial charge in [-0.3, -0.25) is 0 Å². The number of hydrogen-bond acceptors (Lipinski definition) is 5. The van der Waals surface area contributed by atoms with E-state index in [1.165, 1.54) is 4.31 Å². The molecule has 9 heteroatoms. The van der Waals surface area contributed by atoms with E-state index >= 15 is 0 Å². The van der Waals surface area contributed by atoms with Crippen molar-refractivity contribution in [2.24, 2.45) is 0 Å². The molecule has 0 spiro atoms. The maximum atomic E-state index is 12.7. The maximum Gasteiger partial charge on any atom is 0.243 e. The molecule has 0 saturated carbocycles. The summed E-state index contributed by atoms with van der Waals surface area (Å²) in [7, 11) is -3.57. The number of benzene rings is 1. The number of hydrogen-bond donors (Lipinski definition) is 1. The quantitative estimate of drug-likeness (QED) is 0.897. The van der Waals surface area contributed by atoms with Crippen LogP contribution in [-0.4, -0.2) is 45.9 Å². The number of halogens is 1. The molecule has 1 saturated heterocycles. The largest absolute Gasteiger partial charge is 0.387 e. The highest BCUT2D eigenvalue weighted by molar-refractivity contribution is 7.89. The van der Waals surface area contributed by atoms with Crippen LogP contribution in [0.3, 0.4) is 0 Å². The van der Waals surface area contributed by atoms with Crippen LogP contribution in [0.25, 0.3) is 0 Å². The van der Waals surface area contributed by atoms with E-state index in [1.54, 1.807) is 42.9 Å². The number of rotatable bonds is 4. The van der Waals surface area contributed by atoms with E-state index in [4.69, 9.17) is 11.6 Å². The van der Waals surface area contributed by atoms with Gasteiger partial charge in [0.15, 0.2) is 0 Å². The monoisotopic (exact) mass is 356 g/mol. The zero-order valence-electron chi connectivity index (χ0n) is 12.7. The fraction of sp³-hybridized carbons (Fsp3) is 0.429. The van der Waals surface area contributed by atoms with E-state index in [9.17, 15) is 13.5 Å². The fourth-order valence-electron chi connectivity index (χ4n) is 2.45. The molecule has 0 amide bonds. The molecule has 1 aliphatic rings. The van der Waals surface area contributed by atoms with Gasteiger partial charge in [-0.05, 0) is 31.5 Å². The number of aliphatic hydroxyl groups is 1. The Kier molecular flexibility index (Phi) is 4.18. The molecule has 2 heterocycles. The Morgan fingerprint density at radius 1 is 1.39 bits per heavy atom. The molecule has 1 aromatic heterocycles. The third-order valence-electron chi connectivity index (χ3n) is 3.99. The second-order valence-corrected chi connectivity index (χ2v) is 7.95. The van der Waals surface area contributed by atoms with Crippen molar-refractivity contribution in [1.29, 1.82) is 0 Å². The molecule has 1 fully saturated rings. The van der Waals surface area contributed by atoms with Gasteiger partial charge in [-0.25, -0.2) is 13.1 Å².